The molecule has 0 saturated carbocycles. The van der Waals surface area contributed by atoms with Gasteiger partial charge >= 0.3 is 0 Å². The molecule has 1 amide bonds. The van der Waals surface area contributed by atoms with Crippen molar-refractivity contribution in [3.63, 3.8) is 0 Å². The van der Waals surface area contributed by atoms with Crippen LogP contribution in [0.3, 0.4) is 0 Å². The second-order valence-corrected chi connectivity index (χ2v) is 7.57. The second kappa shape index (κ2) is 7.19. The van der Waals surface area contributed by atoms with Gasteiger partial charge in [-0.3, -0.25) is 14.7 Å². The monoisotopic (exact) mass is 329 g/mol. The van der Waals surface area contributed by atoms with Crippen LogP contribution in [-0.4, -0.2) is 60.1 Å². The lowest BCUT2D eigenvalue weighted by Gasteiger charge is -2.33. The van der Waals surface area contributed by atoms with Crippen LogP contribution in [0.15, 0.2) is 24.5 Å². The minimum atomic E-state index is 0.340. The van der Waals surface area contributed by atoms with Gasteiger partial charge in [-0.1, -0.05) is 6.07 Å². The maximum absolute atomic E-state index is 12.5. The van der Waals surface area contributed by atoms with Crippen LogP contribution in [0, 0.1) is 17.8 Å². The van der Waals surface area contributed by atoms with Crippen molar-refractivity contribution in [1.82, 2.24) is 14.8 Å². The van der Waals surface area contributed by atoms with E-state index < -0.39 is 0 Å². The molecule has 0 bridgehead atoms. The van der Waals surface area contributed by atoms with Gasteiger partial charge in [0.2, 0.25) is 5.91 Å². The third-order valence-corrected chi connectivity index (χ3v) is 5.86. The van der Waals surface area contributed by atoms with Gasteiger partial charge in [0.1, 0.15) is 0 Å². The molecule has 1 aromatic rings. The Bertz CT molecular complexity index is 559. The summed E-state index contributed by atoms with van der Waals surface area (Å²) in [6.45, 7) is 6.62. The zero-order valence-electron chi connectivity index (χ0n) is 14.3. The van der Waals surface area contributed by atoms with Crippen LogP contribution in [0.25, 0.3) is 0 Å². The van der Waals surface area contributed by atoms with Crippen molar-refractivity contribution in [3.8, 4) is 0 Å². The van der Waals surface area contributed by atoms with Gasteiger partial charge in [-0.2, -0.15) is 0 Å². The number of aromatic nitrogens is 1. The van der Waals surface area contributed by atoms with Crippen LogP contribution < -0.4 is 0 Å². The molecule has 3 atom stereocenters. The Morgan fingerprint density at radius 3 is 2.92 bits per heavy atom. The lowest BCUT2D eigenvalue weighted by atomic mass is 9.81. The first-order valence-corrected chi connectivity index (χ1v) is 9.26. The maximum Gasteiger partial charge on any atom is 0.222 e. The molecule has 0 spiro atoms. The molecule has 0 N–H and O–H groups in total. The number of nitrogens with zero attached hydrogens (tertiary/aromatic N) is 3. The number of amides is 1. The summed E-state index contributed by atoms with van der Waals surface area (Å²) in [7, 11) is 0. The van der Waals surface area contributed by atoms with Crippen molar-refractivity contribution in [2.45, 2.75) is 25.8 Å². The van der Waals surface area contributed by atoms with Crippen molar-refractivity contribution in [2.24, 2.45) is 17.8 Å². The number of hydrogen-bond acceptors (Lipinski definition) is 4. The number of likely N-dealkylation sites (tertiary alicyclic amines) is 2. The summed E-state index contributed by atoms with van der Waals surface area (Å²) in [6.07, 6.45) is 6.77. The van der Waals surface area contributed by atoms with Gasteiger partial charge in [-0.05, 0) is 42.2 Å². The topological polar surface area (TPSA) is 45.7 Å². The summed E-state index contributed by atoms with van der Waals surface area (Å²) >= 11 is 0. The Balaban J connectivity index is 1.36. The number of carbonyl (C=O) groups excluding carboxylic acids is 1. The fraction of sp³-hybridized carbons (Fsp3) is 0.684. The lowest BCUT2D eigenvalue weighted by molar-refractivity contribution is -0.133. The van der Waals surface area contributed by atoms with Crippen LogP contribution in [0.1, 0.15) is 24.8 Å². The predicted octanol–water partition coefficient (Wildman–Crippen LogP) is 1.79. The van der Waals surface area contributed by atoms with Crippen LogP contribution in [0.4, 0.5) is 0 Å². The molecule has 4 heterocycles. The Kier molecular flexibility index (Phi) is 4.81. The van der Waals surface area contributed by atoms with Gasteiger partial charge in [-0.25, -0.2) is 0 Å². The molecule has 0 aromatic carbocycles. The van der Waals surface area contributed by atoms with Gasteiger partial charge < -0.3 is 9.64 Å². The molecule has 4 rings (SSSR count). The molecule has 1 aromatic heterocycles. The minimum absolute atomic E-state index is 0.340. The van der Waals surface area contributed by atoms with E-state index in [2.05, 4.69) is 16.0 Å². The highest BCUT2D eigenvalue weighted by atomic mass is 16.5. The number of pyridine rings is 1. The molecule has 3 fully saturated rings. The molecular weight excluding hydrogens is 302 g/mol. The van der Waals surface area contributed by atoms with E-state index in [4.69, 9.17) is 4.74 Å². The highest BCUT2D eigenvalue weighted by molar-refractivity contribution is 5.76. The highest BCUT2D eigenvalue weighted by Gasteiger charge is 2.41. The second-order valence-electron chi connectivity index (χ2n) is 7.57. The fourth-order valence-electron chi connectivity index (χ4n) is 4.60. The lowest BCUT2D eigenvalue weighted by Crippen LogP contribution is -2.39. The number of ether oxygens (including phenoxy) is 1. The van der Waals surface area contributed by atoms with Gasteiger partial charge in [-0.15, -0.1) is 0 Å². The Morgan fingerprint density at radius 2 is 2.12 bits per heavy atom. The van der Waals surface area contributed by atoms with Gasteiger partial charge in [0.05, 0.1) is 13.2 Å². The summed E-state index contributed by atoms with van der Waals surface area (Å²) in [6, 6.07) is 4.14. The summed E-state index contributed by atoms with van der Waals surface area (Å²) in [4.78, 5) is 21.3. The molecule has 3 aliphatic rings. The molecule has 3 saturated heterocycles. The Hall–Kier alpha value is -1.46. The van der Waals surface area contributed by atoms with E-state index in [1.165, 1.54) is 5.56 Å². The molecule has 0 aliphatic carbocycles. The third-order valence-electron chi connectivity index (χ3n) is 5.86. The first kappa shape index (κ1) is 16.0. The van der Waals surface area contributed by atoms with Crippen LogP contribution in [-0.2, 0) is 16.1 Å². The number of fused-ring (bicyclic) bond motifs is 1. The molecule has 0 unspecified atom stereocenters. The van der Waals surface area contributed by atoms with Crippen LogP contribution in [0.5, 0.6) is 0 Å². The van der Waals surface area contributed by atoms with Crippen LogP contribution in [0.2, 0.25) is 0 Å². The molecule has 24 heavy (non-hydrogen) atoms. The van der Waals surface area contributed by atoms with E-state index in [0.29, 0.717) is 30.1 Å². The maximum atomic E-state index is 12.5. The average molecular weight is 329 g/mol. The first-order valence-electron chi connectivity index (χ1n) is 9.26. The average Bonchev–Trinajstić information content (AvgIpc) is 3.25. The van der Waals surface area contributed by atoms with Crippen molar-refractivity contribution < 1.29 is 9.53 Å². The van der Waals surface area contributed by atoms with E-state index in [0.717, 1.165) is 58.8 Å². The summed E-state index contributed by atoms with van der Waals surface area (Å²) in [5.41, 5.74) is 1.27. The quantitative estimate of drug-likeness (QED) is 0.845. The summed E-state index contributed by atoms with van der Waals surface area (Å²) in [5.74, 6) is 1.90. The molecule has 130 valence electrons. The number of carbonyl (C=O) groups is 1. The standard InChI is InChI=1S/C19H27N3O2/c23-19(22-6-1-2-7-22)8-16-13-24-14-17-11-21(12-18(16)17)10-15-4-3-5-20-9-15/h3-5,9,16-18H,1-2,6-8,10-14H2/t16-,17-,18+/m1/s1. The van der Waals surface area contributed by atoms with E-state index in [1.807, 2.05) is 23.4 Å². The number of hydrogen-bond donors (Lipinski definition) is 0. The first-order chi connectivity index (χ1) is 11.8. The minimum Gasteiger partial charge on any atom is -0.381 e. The van der Waals surface area contributed by atoms with Crippen LogP contribution >= 0.6 is 0 Å². The van der Waals surface area contributed by atoms with E-state index in [-0.39, 0.29) is 0 Å². The predicted molar refractivity (Wildman–Crippen MR) is 91.2 cm³/mol. The molecule has 0 radical (unpaired) electrons. The van der Waals surface area contributed by atoms with Crippen molar-refractivity contribution >= 4 is 5.91 Å². The largest absolute Gasteiger partial charge is 0.381 e. The molecule has 5 heteroatoms. The van der Waals surface area contributed by atoms with Gasteiger partial charge in [0, 0.05) is 51.5 Å². The van der Waals surface area contributed by atoms with Crippen molar-refractivity contribution in [3.05, 3.63) is 30.1 Å². The number of rotatable bonds is 4. The van der Waals surface area contributed by atoms with Crippen molar-refractivity contribution in [1.29, 1.82) is 0 Å². The highest BCUT2D eigenvalue weighted by Crippen LogP contribution is 2.36. The fourth-order valence-corrected chi connectivity index (χ4v) is 4.60. The Morgan fingerprint density at radius 1 is 1.25 bits per heavy atom. The molecule has 3 aliphatic heterocycles. The summed E-state index contributed by atoms with van der Waals surface area (Å²) < 4.78 is 5.85. The zero-order chi connectivity index (χ0) is 16.4. The molecular formula is C19H27N3O2. The van der Waals surface area contributed by atoms with Gasteiger partial charge in [0.15, 0.2) is 0 Å². The normalized spacial score (nSPS) is 30.5. The van der Waals surface area contributed by atoms with E-state index in [1.54, 1.807) is 0 Å². The van der Waals surface area contributed by atoms with Gasteiger partial charge in [0.25, 0.3) is 0 Å². The SMILES string of the molecule is O=C(C[C@@H]1COC[C@H]2CN(Cc3cccnc3)C[C@@H]12)N1CCCC1. The van der Waals surface area contributed by atoms with E-state index in [9.17, 15) is 4.79 Å². The smallest absolute Gasteiger partial charge is 0.222 e. The van der Waals surface area contributed by atoms with Crippen molar-refractivity contribution in [2.75, 3.05) is 39.4 Å². The van der Waals surface area contributed by atoms with E-state index >= 15 is 0 Å². The summed E-state index contributed by atoms with van der Waals surface area (Å²) in [5, 5.41) is 0. The molecule has 5 nitrogen and oxygen atoms in total. The zero-order valence-corrected chi connectivity index (χ0v) is 14.3. The third kappa shape index (κ3) is 3.47. The Labute approximate surface area is 144 Å².